The van der Waals surface area contributed by atoms with Crippen LogP contribution in [0.1, 0.15) is 17.6 Å². The van der Waals surface area contributed by atoms with E-state index >= 15 is 0 Å². The van der Waals surface area contributed by atoms with Gasteiger partial charge in [0, 0.05) is 16.4 Å². The maximum atomic E-state index is 12.5. The lowest BCUT2D eigenvalue weighted by atomic mass is 10.1. The molecule has 15 nitrogen and oxygen atoms in total. The number of carbonyl (C=O) groups is 3. The van der Waals surface area contributed by atoms with E-state index in [9.17, 15) is 22.8 Å². The van der Waals surface area contributed by atoms with Gasteiger partial charge in [-0.1, -0.05) is 5.16 Å². The maximum Gasteiger partial charge on any atom is 0.339 e. The molecule has 1 aliphatic heterocycles. The third-order valence-electron chi connectivity index (χ3n) is 3.72. The Morgan fingerprint density at radius 2 is 2.12 bits per heavy atom. The number of urea groups is 1. The molecule has 0 radical (unpaired) electrons. The van der Waals surface area contributed by atoms with Crippen LogP contribution in [-0.2, 0) is 24.6 Å². The zero-order chi connectivity index (χ0) is 23.5. The smallest absolute Gasteiger partial charge is 0.339 e. The van der Waals surface area contributed by atoms with E-state index < -0.39 is 34.1 Å². The fourth-order valence-electron chi connectivity index (χ4n) is 2.34. The molecule has 0 aromatic carbocycles. The number of likely N-dealkylation sites (tertiary alicyclic amines) is 1. The molecule has 0 aliphatic carbocycles. The van der Waals surface area contributed by atoms with E-state index in [-0.39, 0.29) is 35.6 Å². The number of rotatable bonds is 8. The Hall–Kier alpha value is -3.38. The van der Waals surface area contributed by atoms with Crippen LogP contribution in [-0.4, -0.2) is 69.8 Å². The highest BCUT2D eigenvalue weighted by Crippen LogP contribution is 2.15. The second kappa shape index (κ2) is 9.40. The van der Waals surface area contributed by atoms with Crippen LogP contribution in [0.25, 0.3) is 0 Å². The molecule has 0 unspecified atom stereocenters. The van der Waals surface area contributed by atoms with Crippen molar-refractivity contribution in [3.8, 4) is 0 Å². The summed E-state index contributed by atoms with van der Waals surface area (Å²) in [5, 5.41) is 6.10. The summed E-state index contributed by atoms with van der Waals surface area (Å²) >= 11 is 1.91. The minimum absolute atomic E-state index is 0.0327. The molecular formula is C14H17N9O6S3. The maximum absolute atomic E-state index is 12.5. The Bertz CT molecular complexity index is 1170. The summed E-state index contributed by atoms with van der Waals surface area (Å²) in [5.41, 5.74) is 5.21. The largest absolute Gasteiger partial charge is 0.395 e. The standard InChI is InChI=1S/C14H17N9O6S3/c1-3-29-18-9(10-17-13(15)31-20-10)11(24)16-7-5-23(12(7)25)14(26)22-32(27,28)21-8-4-6(2)30-19-8/h4,7H,3,5H2,1-2H3,(H,16,24)(H,19,21)(H,22,26)(H2,15,17,20)/t7-/m0/s1. The number of amides is 4. The molecule has 1 aliphatic rings. The van der Waals surface area contributed by atoms with E-state index in [1.165, 1.54) is 6.07 Å². The third-order valence-corrected chi connectivity index (χ3v) is 5.88. The van der Waals surface area contributed by atoms with Crippen LogP contribution in [0.3, 0.4) is 0 Å². The first-order chi connectivity index (χ1) is 15.1. The van der Waals surface area contributed by atoms with Gasteiger partial charge < -0.3 is 15.9 Å². The van der Waals surface area contributed by atoms with Crippen LogP contribution in [0.15, 0.2) is 11.2 Å². The summed E-state index contributed by atoms with van der Waals surface area (Å²) in [4.78, 5) is 47.0. The Labute approximate surface area is 189 Å². The van der Waals surface area contributed by atoms with E-state index in [4.69, 9.17) is 10.6 Å². The highest BCUT2D eigenvalue weighted by molar-refractivity contribution is 7.91. The van der Waals surface area contributed by atoms with E-state index in [0.29, 0.717) is 4.90 Å². The van der Waals surface area contributed by atoms with E-state index in [2.05, 4.69) is 28.9 Å². The second-order valence-electron chi connectivity index (χ2n) is 6.12. The third kappa shape index (κ3) is 5.45. The van der Waals surface area contributed by atoms with Gasteiger partial charge in [-0.25, -0.2) is 14.2 Å². The lowest BCUT2D eigenvalue weighted by Crippen LogP contribution is -2.68. The van der Waals surface area contributed by atoms with Crippen LogP contribution >= 0.6 is 23.1 Å². The minimum Gasteiger partial charge on any atom is -0.395 e. The van der Waals surface area contributed by atoms with Crippen molar-refractivity contribution in [2.75, 3.05) is 23.6 Å². The average molecular weight is 504 g/mol. The van der Waals surface area contributed by atoms with Gasteiger partial charge in [-0.3, -0.25) is 14.5 Å². The van der Waals surface area contributed by atoms with E-state index in [0.717, 1.165) is 27.9 Å². The summed E-state index contributed by atoms with van der Waals surface area (Å²) in [5.74, 6) is -1.71. The molecule has 0 spiro atoms. The molecule has 0 saturated carbocycles. The first-order valence-corrected chi connectivity index (χ1v) is 11.8. The van der Waals surface area contributed by atoms with Gasteiger partial charge in [-0.15, -0.1) is 0 Å². The second-order valence-corrected chi connectivity index (χ2v) is 9.33. The molecule has 1 fully saturated rings. The van der Waals surface area contributed by atoms with Gasteiger partial charge >= 0.3 is 16.2 Å². The number of β-lactam (4-membered cyclic amide) rings is 1. The summed E-state index contributed by atoms with van der Waals surface area (Å²) < 4.78 is 35.6. The number of oxime groups is 1. The quantitative estimate of drug-likeness (QED) is 0.196. The molecule has 2 aromatic heterocycles. The van der Waals surface area contributed by atoms with Crippen molar-refractivity contribution in [2.45, 2.75) is 19.9 Å². The van der Waals surface area contributed by atoms with Crippen molar-refractivity contribution in [1.29, 1.82) is 0 Å². The minimum atomic E-state index is -4.31. The lowest BCUT2D eigenvalue weighted by Gasteiger charge is -2.36. The van der Waals surface area contributed by atoms with Crippen molar-refractivity contribution in [3.63, 3.8) is 0 Å². The summed E-state index contributed by atoms with van der Waals surface area (Å²) in [6.07, 6.45) is 0. The fourth-order valence-corrected chi connectivity index (χ4v) is 4.10. The topological polar surface area (TPSA) is 211 Å². The lowest BCUT2D eigenvalue weighted by molar-refractivity contribution is -0.141. The first kappa shape index (κ1) is 23.3. The van der Waals surface area contributed by atoms with Gasteiger partial charge in [0.15, 0.2) is 10.9 Å². The molecule has 3 rings (SSSR count). The SMILES string of the molecule is CCON=C(C(=O)N[C@H]1CN(C(=O)NS(=O)(=O)Nc2cc(C)sn2)C1=O)c1nsc(N)n1. The van der Waals surface area contributed by atoms with Crippen LogP contribution in [0, 0.1) is 6.92 Å². The molecule has 5 N–H and O–H groups in total. The predicted molar refractivity (Wildman–Crippen MR) is 114 cm³/mol. The molecule has 4 amide bonds. The Balaban J connectivity index is 1.58. The number of hydrogen-bond donors (Lipinski definition) is 4. The van der Waals surface area contributed by atoms with Crippen molar-refractivity contribution in [3.05, 3.63) is 16.8 Å². The zero-order valence-electron chi connectivity index (χ0n) is 16.6. The summed E-state index contributed by atoms with van der Waals surface area (Å²) in [7, 11) is -4.31. The normalized spacial score (nSPS) is 16.3. The molecule has 0 bridgehead atoms. The molecule has 1 saturated heterocycles. The van der Waals surface area contributed by atoms with Gasteiger partial charge in [0.25, 0.3) is 11.8 Å². The number of anilines is 2. The molecule has 172 valence electrons. The Kier molecular flexibility index (Phi) is 6.84. The van der Waals surface area contributed by atoms with Crippen molar-refractivity contribution >= 4 is 67.8 Å². The van der Waals surface area contributed by atoms with Gasteiger partial charge in [0.1, 0.15) is 12.6 Å². The predicted octanol–water partition coefficient (Wildman–Crippen LogP) is -0.981. The molecule has 18 heteroatoms. The number of nitrogens with zero attached hydrogens (tertiary/aromatic N) is 5. The van der Waals surface area contributed by atoms with Crippen LogP contribution in [0.4, 0.5) is 15.7 Å². The van der Waals surface area contributed by atoms with Gasteiger partial charge in [0.05, 0.1) is 6.54 Å². The average Bonchev–Trinajstić information content (AvgIpc) is 3.31. The number of nitrogen functional groups attached to an aromatic ring is 1. The van der Waals surface area contributed by atoms with Crippen LogP contribution < -0.4 is 20.5 Å². The highest BCUT2D eigenvalue weighted by atomic mass is 32.2. The van der Waals surface area contributed by atoms with E-state index in [1.807, 2.05) is 0 Å². The van der Waals surface area contributed by atoms with Crippen molar-refractivity contribution < 1.29 is 27.6 Å². The molecule has 2 aromatic rings. The van der Waals surface area contributed by atoms with Crippen LogP contribution in [0.2, 0.25) is 0 Å². The van der Waals surface area contributed by atoms with Gasteiger partial charge in [-0.2, -0.15) is 22.1 Å². The van der Waals surface area contributed by atoms with Crippen molar-refractivity contribution in [2.24, 2.45) is 5.16 Å². The number of nitrogens with one attached hydrogen (secondary N) is 3. The number of imide groups is 1. The Morgan fingerprint density at radius 1 is 1.38 bits per heavy atom. The summed E-state index contributed by atoms with van der Waals surface area (Å²) in [6.45, 7) is 3.27. The highest BCUT2D eigenvalue weighted by Gasteiger charge is 2.43. The first-order valence-electron chi connectivity index (χ1n) is 8.79. The van der Waals surface area contributed by atoms with Crippen molar-refractivity contribution in [1.82, 2.24) is 28.7 Å². The summed E-state index contributed by atoms with van der Waals surface area (Å²) in [6, 6.07) is -0.800. The molecule has 1 atom stereocenters. The molecule has 3 heterocycles. The number of aromatic nitrogens is 3. The molecular weight excluding hydrogens is 486 g/mol. The monoisotopic (exact) mass is 503 g/mol. The Morgan fingerprint density at radius 3 is 2.69 bits per heavy atom. The van der Waals surface area contributed by atoms with Crippen LogP contribution in [0.5, 0.6) is 0 Å². The molecule has 32 heavy (non-hydrogen) atoms. The van der Waals surface area contributed by atoms with Gasteiger partial charge in [0.2, 0.25) is 11.5 Å². The number of carbonyl (C=O) groups excluding carboxylic acids is 3. The number of nitrogens with two attached hydrogens (primary N) is 1. The zero-order valence-corrected chi connectivity index (χ0v) is 19.0. The van der Waals surface area contributed by atoms with Gasteiger partial charge in [-0.05, 0) is 31.4 Å². The number of hydrogen-bond acceptors (Lipinski definition) is 13. The van der Waals surface area contributed by atoms with E-state index in [1.54, 1.807) is 18.6 Å². The fraction of sp³-hybridized carbons (Fsp3) is 0.357. The number of aryl methyl sites for hydroxylation is 1.